The number of aryl methyl sites for hydroxylation is 1. The van der Waals surface area contributed by atoms with E-state index in [0.29, 0.717) is 17.5 Å². The molecule has 1 N–H and O–H groups in total. The van der Waals surface area contributed by atoms with E-state index >= 15 is 0 Å². The second-order valence-electron chi connectivity index (χ2n) is 6.81. The second kappa shape index (κ2) is 9.80. The van der Waals surface area contributed by atoms with Crippen LogP contribution in [0, 0.1) is 6.92 Å². The summed E-state index contributed by atoms with van der Waals surface area (Å²) in [7, 11) is 0. The standard InChI is InChI=1S/C23H22N4O2S2/c1-3-12-27-22(18-11-13-29-16(18)2)25-26-23(27)31-15-20(28)24-21(19-10-7-14-30-19)17-8-5-4-6-9-17/h3-11,13-14,21H,1,12,15H2,2H3,(H,24,28)/t21-/m1/s1. The molecule has 8 heteroatoms. The fourth-order valence-corrected chi connectivity index (χ4v) is 4.82. The third-order valence-corrected chi connectivity index (χ3v) is 6.63. The number of nitrogens with zero attached hydrogens (tertiary/aromatic N) is 3. The van der Waals surface area contributed by atoms with Crippen LogP contribution in [-0.4, -0.2) is 26.4 Å². The molecular weight excluding hydrogens is 428 g/mol. The summed E-state index contributed by atoms with van der Waals surface area (Å²) in [6, 6.07) is 15.7. The highest BCUT2D eigenvalue weighted by atomic mass is 32.2. The molecule has 1 amide bonds. The van der Waals surface area contributed by atoms with Crippen molar-refractivity contribution in [2.75, 3.05) is 5.75 Å². The van der Waals surface area contributed by atoms with Crippen molar-refractivity contribution in [3.63, 3.8) is 0 Å². The highest BCUT2D eigenvalue weighted by Gasteiger charge is 2.20. The predicted molar refractivity (Wildman–Crippen MR) is 124 cm³/mol. The van der Waals surface area contributed by atoms with E-state index < -0.39 is 0 Å². The lowest BCUT2D eigenvalue weighted by Gasteiger charge is -2.18. The Morgan fingerprint density at radius 1 is 1.26 bits per heavy atom. The number of thiophene rings is 1. The molecule has 0 fully saturated rings. The lowest BCUT2D eigenvalue weighted by Crippen LogP contribution is -2.30. The first-order valence-electron chi connectivity index (χ1n) is 9.76. The Hall–Kier alpha value is -3.10. The Labute approximate surface area is 189 Å². The molecule has 0 aliphatic heterocycles. The number of allylic oxidation sites excluding steroid dienone is 1. The van der Waals surface area contributed by atoms with Crippen molar-refractivity contribution in [1.29, 1.82) is 0 Å². The maximum Gasteiger partial charge on any atom is 0.231 e. The highest BCUT2D eigenvalue weighted by molar-refractivity contribution is 7.99. The second-order valence-corrected chi connectivity index (χ2v) is 8.73. The number of furan rings is 1. The lowest BCUT2D eigenvalue weighted by atomic mass is 10.1. The van der Waals surface area contributed by atoms with Crippen molar-refractivity contribution in [2.24, 2.45) is 0 Å². The largest absolute Gasteiger partial charge is 0.469 e. The maximum atomic E-state index is 12.8. The SMILES string of the molecule is C=CCn1c(SCC(=O)N[C@H](c2ccccc2)c2cccs2)nnc1-c1ccoc1C. The van der Waals surface area contributed by atoms with Gasteiger partial charge in [0.15, 0.2) is 11.0 Å². The zero-order chi connectivity index (χ0) is 21.6. The molecule has 1 atom stereocenters. The molecule has 4 aromatic rings. The van der Waals surface area contributed by atoms with Gasteiger partial charge in [-0.25, -0.2) is 0 Å². The predicted octanol–water partition coefficient (Wildman–Crippen LogP) is 5.09. The summed E-state index contributed by atoms with van der Waals surface area (Å²) in [5, 5.41) is 14.5. The average Bonchev–Trinajstić information content (AvgIpc) is 3.53. The van der Waals surface area contributed by atoms with E-state index in [0.717, 1.165) is 21.8 Å². The molecular formula is C23H22N4O2S2. The first kappa shape index (κ1) is 21.1. The third kappa shape index (κ3) is 4.81. The number of nitrogens with one attached hydrogen (secondary N) is 1. The molecule has 0 spiro atoms. The van der Waals surface area contributed by atoms with Gasteiger partial charge in [0, 0.05) is 11.4 Å². The molecule has 31 heavy (non-hydrogen) atoms. The van der Waals surface area contributed by atoms with Gasteiger partial charge in [-0.05, 0) is 30.0 Å². The normalized spacial score (nSPS) is 11.9. The third-order valence-electron chi connectivity index (χ3n) is 4.73. The van der Waals surface area contributed by atoms with Crippen molar-refractivity contribution in [2.45, 2.75) is 24.7 Å². The van der Waals surface area contributed by atoms with Crippen molar-refractivity contribution < 1.29 is 9.21 Å². The Morgan fingerprint density at radius 3 is 2.77 bits per heavy atom. The molecule has 1 aromatic carbocycles. The van der Waals surface area contributed by atoms with Crippen LogP contribution in [0.2, 0.25) is 0 Å². The van der Waals surface area contributed by atoms with Crippen LogP contribution < -0.4 is 5.32 Å². The van der Waals surface area contributed by atoms with Crippen molar-refractivity contribution in [3.05, 3.63) is 89.0 Å². The van der Waals surface area contributed by atoms with Crippen LogP contribution in [-0.2, 0) is 11.3 Å². The van der Waals surface area contributed by atoms with E-state index in [4.69, 9.17) is 4.42 Å². The van der Waals surface area contributed by atoms with Gasteiger partial charge in [0.1, 0.15) is 5.76 Å². The van der Waals surface area contributed by atoms with Crippen LogP contribution in [0.1, 0.15) is 22.2 Å². The number of hydrogen-bond acceptors (Lipinski definition) is 6. The number of carbonyl (C=O) groups is 1. The number of rotatable bonds is 9. The van der Waals surface area contributed by atoms with Gasteiger partial charge in [-0.1, -0.05) is 54.2 Å². The van der Waals surface area contributed by atoms with Crippen molar-refractivity contribution >= 4 is 29.0 Å². The summed E-state index contributed by atoms with van der Waals surface area (Å²) in [5.74, 6) is 1.64. The first-order valence-corrected chi connectivity index (χ1v) is 11.6. The lowest BCUT2D eigenvalue weighted by molar-refractivity contribution is -0.119. The minimum Gasteiger partial charge on any atom is -0.469 e. The fraction of sp³-hybridized carbons (Fsp3) is 0.174. The number of carbonyl (C=O) groups excluding carboxylic acids is 1. The highest BCUT2D eigenvalue weighted by Crippen LogP contribution is 2.28. The number of amides is 1. The Balaban J connectivity index is 1.49. The molecule has 0 aliphatic rings. The minimum atomic E-state index is -0.176. The van der Waals surface area contributed by atoms with Gasteiger partial charge < -0.3 is 9.73 Å². The van der Waals surface area contributed by atoms with E-state index in [1.807, 2.05) is 65.4 Å². The molecule has 0 unspecified atom stereocenters. The van der Waals surface area contributed by atoms with Crippen LogP contribution in [0.25, 0.3) is 11.4 Å². The summed E-state index contributed by atoms with van der Waals surface area (Å²) in [6.07, 6.45) is 3.42. The van der Waals surface area contributed by atoms with Crippen LogP contribution >= 0.6 is 23.1 Å². The fourth-order valence-electron chi connectivity index (χ4n) is 3.26. The van der Waals surface area contributed by atoms with Crippen LogP contribution in [0.4, 0.5) is 0 Å². The smallest absolute Gasteiger partial charge is 0.231 e. The summed E-state index contributed by atoms with van der Waals surface area (Å²) in [4.78, 5) is 13.9. The maximum absolute atomic E-state index is 12.8. The van der Waals surface area contributed by atoms with E-state index in [9.17, 15) is 4.79 Å². The zero-order valence-corrected chi connectivity index (χ0v) is 18.7. The van der Waals surface area contributed by atoms with Gasteiger partial charge in [-0.3, -0.25) is 9.36 Å². The Morgan fingerprint density at radius 2 is 2.10 bits per heavy atom. The molecule has 0 radical (unpaired) electrons. The molecule has 0 bridgehead atoms. The summed E-state index contributed by atoms with van der Waals surface area (Å²) >= 11 is 2.98. The van der Waals surface area contributed by atoms with E-state index in [1.54, 1.807) is 23.7 Å². The number of thioether (sulfide) groups is 1. The molecule has 6 nitrogen and oxygen atoms in total. The van der Waals surface area contributed by atoms with E-state index in [1.165, 1.54) is 11.8 Å². The van der Waals surface area contributed by atoms with Crippen molar-refractivity contribution in [3.8, 4) is 11.4 Å². The summed E-state index contributed by atoms with van der Waals surface area (Å²) < 4.78 is 7.35. The van der Waals surface area contributed by atoms with Crippen LogP contribution in [0.15, 0.2) is 82.4 Å². The van der Waals surface area contributed by atoms with Crippen LogP contribution in [0.5, 0.6) is 0 Å². The van der Waals surface area contributed by atoms with Gasteiger partial charge >= 0.3 is 0 Å². The molecule has 158 valence electrons. The van der Waals surface area contributed by atoms with Gasteiger partial charge in [-0.15, -0.1) is 28.1 Å². The van der Waals surface area contributed by atoms with Gasteiger partial charge in [0.25, 0.3) is 0 Å². The summed E-state index contributed by atoms with van der Waals surface area (Å²) in [6.45, 7) is 6.26. The zero-order valence-electron chi connectivity index (χ0n) is 17.0. The summed E-state index contributed by atoms with van der Waals surface area (Å²) in [5.41, 5.74) is 1.93. The molecule has 3 heterocycles. The molecule has 0 saturated carbocycles. The van der Waals surface area contributed by atoms with Gasteiger partial charge in [0.2, 0.25) is 5.91 Å². The minimum absolute atomic E-state index is 0.0681. The Kier molecular flexibility index (Phi) is 6.69. The quantitative estimate of drug-likeness (QED) is 0.284. The molecule has 3 aromatic heterocycles. The number of hydrogen-bond donors (Lipinski definition) is 1. The average molecular weight is 451 g/mol. The van der Waals surface area contributed by atoms with Crippen LogP contribution in [0.3, 0.4) is 0 Å². The number of aromatic nitrogens is 3. The molecule has 4 rings (SSSR count). The number of benzene rings is 1. The van der Waals surface area contributed by atoms with E-state index in [2.05, 4.69) is 22.1 Å². The topological polar surface area (TPSA) is 73.0 Å². The van der Waals surface area contributed by atoms with E-state index in [-0.39, 0.29) is 17.7 Å². The van der Waals surface area contributed by atoms with Crippen molar-refractivity contribution in [1.82, 2.24) is 20.1 Å². The molecule has 0 aliphatic carbocycles. The van der Waals surface area contributed by atoms with Gasteiger partial charge in [-0.2, -0.15) is 0 Å². The Bertz CT molecular complexity index is 1150. The monoisotopic (exact) mass is 450 g/mol. The first-order chi connectivity index (χ1) is 15.2. The van der Waals surface area contributed by atoms with Gasteiger partial charge in [0.05, 0.1) is 23.6 Å². The molecule has 0 saturated heterocycles.